The lowest BCUT2D eigenvalue weighted by Crippen LogP contribution is -2.13. The minimum Gasteiger partial charge on any atom is -0.396 e. The summed E-state index contributed by atoms with van der Waals surface area (Å²) in [6, 6.07) is 1.66. The number of aromatic nitrogens is 2. The van der Waals surface area contributed by atoms with Gasteiger partial charge in [-0.3, -0.25) is 5.41 Å². The van der Waals surface area contributed by atoms with E-state index in [4.69, 9.17) is 16.2 Å². The summed E-state index contributed by atoms with van der Waals surface area (Å²) in [5, 5.41) is 24.2. The third-order valence-corrected chi connectivity index (χ3v) is 2.59. The van der Waals surface area contributed by atoms with Gasteiger partial charge in [0.1, 0.15) is 10.9 Å². The summed E-state index contributed by atoms with van der Waals surface area (Å²) in [4.78, 5) is 0. The number of hydrogen-bond acceptors (Lipinski definition) is 5. The molecule has 6 heteroatoms. The fourth-order valence-electron chi connectivity index (χ4n) is 0.864. The van der Waals surface area contributed by atoms with Gasteiger partial charge in [-0.15, -0.1) is 16.9 Å². The normalized spacial score (nSPS) is 10.1. The maximum Gasteiger partial charge on any atom is 0.130 e. The highest BCUT2D eigenvalue weighted by molar-refractivity contribution is 7.99. The SMILES string of the molecule is N=C(N)c1ccnnc1SCCCO. The van der Waals surface area contributed by atoms with Crippen molar-refractivity contribution in [2.45, 2.75) is 11.4 Å². The van der Waals surface area contributed by atoms with E-state index in [1.807, 2.05) is 0 Å². The molecule has 1 heterocycles. The minimum absolute atomic E-state index is 0.00796. The van der Waals surface area contributed by atoms with Gasteiger partial charge < -0.3 is 10.8 Å². The van der Waals surface area contributed by atoms with Crippen LogP contribution in [0.1, 0.15) is 12.0 Å². The maximum atomic E-state index is 8.61. The Morgan fingerprint density at radius 2 is 2.43 bits per heavy atom. The molecule has 0 saturated heterocycles. The molecule has 76 valence electrons. The van der Waals surface area contributed by atoms with Crippen molar-refractivity contribution in [2.75, 3.05) is 12.4 Å². The number of rotatable bonds is 5. The molecule has 0 bridgehead atoms. The summed E-state index contributed by atoms with van der Waals surface area (Å²) in [7, 11) is 0. The van der Waals surface area contributed by atoms with Crippen LogP contribution in [0.15, 0.2) is 17.3 Å². The Kier molecular flexibility index (Phi) is 4.34. The Morgan fingerprint density at radius 3 is 3.07 bits per heavy atom. The van der Waals surface area contributed by atoms with Crippen LogP contribution in [-0.2, 0) is 0 Å². The van der Waals surface area contributed by atoms with Crippen LogP contribution in [-0.4, -0.2) is 33.5 Å². The zero-order valence-corrected chi connectivity index (χ0v) is 8.42. The molecule has 0 spiro atoms. The molecule has 14 heavy (non-hydrogen) atoms. The number of aliphatic hydroxyl groups excluding tert-OH is 1. The van der Waals surface area contributed by atoms with Crippen molar-refractivity contribution in [2.24, 2.45) is 5.73 Å². The molecule has 0 aliphatic rings. The van der Waals surface area contributed by atoms with E-state index in [2.05, 4.69) is 10.2 Å². The van der Waals surface area contributed by atoms with E-state index < -0.39 is 0 Å². The zero-order valence-electron chi connectivity index (χ0n) is 7.60. The number of nitrogen functional groups attached to an aromatic ring is 1. The molecular weight excluding hydrogens is 200 g/mol. The van der Waals surface area contributed by atoms with Crippen molar-refractivity contribution in [3.63, 3.8) is 0 Å². The Bertz CT molecular complexity index is 318. The van der Waals surface area contributed by atoms with Crippen molar-refractivity contribution < 1.29 is 5.11 Å². The largest absolute Gasteiger partial charge is 0.396 e. The Morgan fingerprint density at radius 1 is 1.64 bits per heavy atom. The zero-order chi connectivity index (χ0) is 10.4. The van der Waals surface area contributed by atoms with Crippen LogP contribution in [0, 0.1) is 5.41 Å². The summed E-state index contributed by atoms with van der Waals surface area (Å²) in [5.74, 6) is 0.738. The van der Waals surface area contributed by atoms with E-state index >= 15 is 0 Å². The maximum absolute atomic E-state index is 8.61. The second-order valence-electron chi connectivity index (χ2n) is 2.59. The van der Waals surface area contributed by atoms with Gasteiger partial charge in [-0.05, 0) is 12.5 Å². The predicted molar refractivity (Wildman–Crippen MR) is 55.5 cm³/mol. The third-order valence-electron chi connectivity index (χ3n) is 1.52. The topological polar surface area (TPSA) is 95.9 Å². The first kappa shape index (κ1) is 10.9. The quantitative estimate of drug-likeness (QED) is 0.281. The highest BCUT2D eigenvalue weighted by Crippen LogP contribution is 2.19. The molecule has 1 rings (SSSR count). The highest BCUT2D eigenvalue weighted by atomic mass is 32.2. The van der Waals surface area contributed by atoms with E-state index in [0.29, 0.717) is 17.0 Å². The van der Waals surface area contributed by atoms with Gasteiger partial charge in [0.25, 0.3) is 0 Å². The van der Waals surface area contributed by atoms with Crippen LogP contribution in [0.25, 0.3) is 0 Å². The lowest BCUT2D eigenvalue weighted by atomic mass is 10.3. The van der Waals surface area contributed by atoms with Crippen LogP contribution in [0.2, 0.25) is 0 Å². The van der Waals surface area contributed by atoms with Crippen LogP contribution in [0.3, 0.4) is 0 Å². The summed E-state index contributed by atoms with van der Waals surface area (Å²) < 4.78 is 0. The average Bonchev–Trinajstić information content (AvgIpc) is 2.19. The minimum atomic E-state index is -0.00796. The van der Waals surface area contributed by atoms with Gasteiger partial charge in [-0.25, -0.2) is 0 Å². The Balaban J connectivity index is 2.69. The first-order valence-corrected chi connectivity index (χ1v) is 5.14. The molecule has 5 nitrogen and oxygen atoms in total. The smallest absolute Gasteiger partial charge is 0.130 e. The molecule has 1 aromatic heterocycles. The summed E-state index contributed by atoms with van der Waals surface area (Å²) in [6.07, 6.45) is 2.20. The van der Waals surface area contributed by atoms with Crippen molar-refractivity contribution in [1.82, 2.24) is 10.2 Å². The molecule has 0 aromatic carbocycles. The molecule has 0 saturated carbocycles. The van der Waals surface area contributed by atoms with E-state index in [0.717, 1.165) is 5.75 Å². The van der Waals surface area contributed by atoms with Crippen molar-refractivity contribution in [3.8, 4) is 0 Å². The predicted octanol–water partition coefficient (Wildman–Crippen LogP) is 0.235. The monoisotopic (exact) mass is 212 g/mol. The van der Waals surface area contributed by atoms with Gasteiger partial charge in [0, 0.05) is 12.4 Å². The van der Waals surface area contributed by atoms with E-state index in [-0.39, 0.29) is 12.4 Å². The number of amidine groups is 1. The lowest BCUT2D eigenvalue weighted by molar-refractivity contribution is 0.296. The number of thioether (sulfide) groups is 1. The highest BCUT2D eigenvalue weighted by Gasteiger charge is 2.06. The van der Waals surface area contributed by atoms with Crippen molar-refractivity contribution >= 4 is 17.6 Å². The fraction of sp³-hybridized carbons (Fsp3) is 0.375. The Labute approximate surface area is 86.2 Å². The van der Waals surface area contributed by atoms with Crippen molar-refractivity contribution in [1.29, 1.82) is 5.41 Å². The number of nitrogens with one attached hydrogen (secondary N) is 1. The van der Waals surface area contributed by atoms with Crippen LogP contribution >= 0.6 is 11.8 Å². The molecule has 0 aliphatic heterocycles. The second-order valence-corrected chi connectivity index (χ2v) is 3.67. The average molecular weight is 212 g/mol. The van der Waals surface area contributed by atoms with Gasteiger partial charge >= 0.3 is 0 Å². The first-order valence-electron chi connectivity index (χ1n) is 4.15. The molecule has 4 N–H and O–H groups in total. The number of aliphatic hydroxyl groups is 1. The molecule has 0 aliphatic carbocycles. The summed E-state index contributed by atoms with van der Waals surface area (Å²) in [6.45, 7) is 0.155. The van der Waals surface area contributed by atoms with Gasteiger partial charge in [-0.2, -0.15) is 5.10 Å². The van der Waals surface area contributed by atoms with Gasteiger partial charge in [0.2, 0.25) is 0 Å². The van der Waals surface area contributed by atoms with E-state index in [1.165, 1.54) is 18.0 Å². The molecule has 0 radical (unpaired) electrons. The first-order chi connectivity index (χ1) is 6.75. The molecule has 0 amide bonds. The van der Waals surface area contributed by atoms with E-state index in [9.17, 15) is 0 Å². The molecule has 0 fully saturated rings. The van der Waals surface area contributed by atoms with Crippen molar-refractivity contribution in [3.05, 3.63) is 17.8 Å². The molecule has 0 atom stereocenters. The van der Waals surface area contributed by atoms with Gasteiger partial charge in [0.05, 0.1) is 11.8 Å². The fourth-order valence-corrected chi connectivity index (χ4v) is 1.77. The van der Waals surface area contributed by atoms with Gasteiger partial charge in [-0.1, -0.05) is 0 Å². The molecular formula is C8H12N4OS. The standard InChI is InChI=1S/C8H12N4OS/c9-7(10)6-2-3-11-12-8(6)14-5-1-4-13/h2-3,13H,1,4-5H2,(H3,9,10). The molecule has 1 aromatic rings. The summed E-state index contributed by atoms with van der Waals surface area (Å²) in [5.41, 5.74) is 5.97. The number of hydrogen-bond donors (Lipinski definition) is 3. The summed E-state index contributed by atoms with van der Waals surface area (Å²) >= 11 is 1.45. The second kappa shape index (κ2) is 5.56. The number of nitrogens with zero attached hydrogens (tertiary/aromatic N) is 2. The lowest BCUT2D eigenvalue weighted by Gasteiger charge is -2.04. The third kappa shape index (κ3) is 2.97. The molecule has 0 unspecified atom stereocenters. The van der Waals surface area contributed by atoms with Crippen LogP contribution in [0.4, 0.5) is 0 Å². The van der Waals surface area contributed by atoms with E-state index in [1.54, 1.807) is 6.07 Å². The Hall–Kier alpha value is -1.14. The van der Waals surface area contributed by atoms with Gasteiger partial charge in [0.15, 0.2) is 0 Å². The number of nitrogens with two attached hydrogens (primary N) is 1. The van der Waals surface area contributed by atoms with Crippen LogP contribution in [0.5, 0.6) is 0 Å². The van der Waals surface area contributed by atoms with Crippen LogP contribution < -0.4 is 5.73 Å².